The molecule has 152 valence electrons. The maximum atomic E-state index is 12.5. The van der Waals surface area contributed by atoms with E-state index in [1.807, 2.05) is 36.4 Å². The second-order valence-corrected chi connectivity index (χ2v) is 6.94. The first-order chi connectivity index (χ1) is 14.5. The number of carbonyl (C=O) groups excluding carboxylic acids is 1. The molecule has 8 heteroatoms. The third-order valence-corrected chi connectivity index (χ3v) is 4.76. The van der Waals surface area contributed by atoms with E-state index in [1.54, 1.807) is 32.5 Å². The molecule has 8 nitrogen and oxygen atoms in total. The molecule has 0 aliphatic heterocycles. The number of H-pyrrole nitrogens is 1. The third kappa shape index (κ3) is 4.07. The topological polar surface area (TPSA) is 101 Å². The van der Waals surface area contributed by atoms with Gasteiger partial charge in [0.1, 0.15) is 5.75 Å². The molecular weight excluding hydrogens is 382 g/mol. The fourth-order valence-corrected chi connectivity index (χ4v) is 3.24. The molecule has 30 heavy (non-hydrogen) atoms. The normalized spacial score (nSPS) is 11.9. The standard InChI is InChI=1S/C22H21N5O3/c1-14(24-21(28)10-15-5-3-7-17(9-15)30-2)18-12-22(29)27-20(25-18)11-19(26-27)16-6-4-8-23-13-16/h3-9,11-14,26H,10H2,1-2H3,(H,24,28). The Labute approximate surface area is 172 Å². The van der Waals surface area contributed by atoms with Crippen molar-refractivity contribution in [1.29, 1.82) is 0 Å². The number of methoxy groups -OCH3 is 1. The number of aromatic nitrogens is 4. The van der Waals surface area contributed by atoms with Crippen molar-refractivity contribution in [2.24, 2.45) is 0 Å². The Kier molecular flexibility index (Phi) is 5.30. The number of hydrogen-bond acceptors (Lipinski definition) is 5. The van der Waals surface area contributed by atoms with Crippen LogP contribution in [0.2, 0.25) is 0 Å². The number of nitrogens with zero attached hydrogens (tertiary/aromatic N) is 3. The van der Waals surface area contributed by atoms with Crippen LogP contribution in [0.4, 0.5) is 0 Å². The highest BCUT2D eigenvalue weighted by atomic mass is 16.5. The Morgan fingerprint density at radius 3 is 2.87 bits per heavy atom. The maximum Gasteiger partial charge on any atom is 0.272 e. The molecule has 2 N–H and O–H groups in total. The average Bonchev–Trinajstić information content (AvgIpc) is 3.19. The van der Waals surface area contributed by atoms with Crippen molar-refractivity contribution >= 4 is 11.6 Å². The summed E-state index contributed by atoms with van der Waals surface area (Å²) in [6.45, 7) is 1.80. The molecule has 1 atom stereocenters. The van der Waals surface area contributed by atoms with E-state index in [4.69, 9.17) is 4.74 Å². The van der Waals surface area contributed by atoms with Gasteiger partial charge in [-0.25, -0.2) is 9.50 Å². The van der Waals surface area contributed by atoms with Gasteiger partial charge in [0.05, 0.1) is 31.0 Å². The van der Waals surface area contributed by atoms with Gasteiger partial charge in [-0.3, -0.25) is 19.7 Å². The van der Waals surface area contributed by atoms with Crippen LogP contribution in [-0.2, 0) is 11.2 Å². The highest BCUT2D eigenvalue weighted by Crippen LogP contribution is 2.18. The van der Waals surface area contributed by atoms with Crippen LogP contribution in [0.25, 0.3) is 16.9 Å². The molecule has 1 unspecified atom stereocenters. The lowest BCUT2D eigenvalue weighted by Gasteiger charge is -2.13. The number of ether oxygens (including phenoxy) is 1. The van der Waals surface area contributed by atoms with E-state index in [9.17, 15) is 9.59 Å². The molecule has 0 radical (unpaired) electrons. The van der Waals surface area contributed by atoms with E-state index < -0.39 is 6.04 Å². The van der Waals surface area contributed by atoms with Gasteiger partial charge >= 0.3 is 0 Å². The van der Waals surface area contributed by atoms with Gasteiger partial charge in [0.2, 0.25) is 5.91 Å². The number of hydrogen-bond donors (Lipinski definition) is 2. The monoisotopic (exact) mass is 403 g/mol. The van der Waals surface area contributed by atoms with Gasteiger partial charge in [0, 0.05) is 30.1 Å². The number of fused-ring (bicyclic) bond motifs is 1. The van der Waals surface area contributed by atoms with Crippen molar-refractivity contribution in [2.75, 3.05) is 7.11 Å². The summed E-state index contributed by atoms with van der Waals surface area (Å²) in [4.78, 5) is 33.6. The van der Waals surface area contributed by atoms with Crippen molar-refractivity contribution in [2.45, 2.75) is 19.4 Å². The zero-order chi connectivity index (χ0) is 21.1. The predicted molar refractivity (Wildman–Crippen MR) is 112 cm³/mol. The number of benzene rings is 1. The SMILES string of the molecule is COc1cccc(CC(=O)NC(C)c2cc(=O)n3[nH]c(-c4cccnc4)cc3n2)c1. The highest BCUT2D eigenvalue weighted by Gasteiger charge is 2.15. The van der Waals surface area contributed by atoms with E-state index in [0.717, 1.165) is 16.8 Å². The van der Waals surface area contributed by atoms with Gasteiger partial charge in [0.25, 0.3) is 5.56 Å². The fourth-order valence-electron chi connectivity index (χ4n) is 3.24. The van der Waals surface area contributed by atoms with E-state index in [1.165, 1.54) is 10.6 Å². The van der Waals surface area contributed by atoms with Crippen molar-refractivity contribution in [1.82, 2.24) is 24.9 Å². The summed E-state index contributed by atoms with van der Waals surface area (Å²) in [5, 5.41) is 5.93. The molecule has 1 aromatic carbocycles. The minimum atomic E-state index is -0.419. The molecular formula is C22H21N5O3. The summed E-state index contributed by atoms with van der Waals surface area (Å²) in [5.41, 5.74) is 3.15. The van der Waals surface area contributed by atoms with Crippen LogP contribution in [0.1, 0.15) is 24.2 Å². The number of pyridine rings is 1. The van der Waals surface area contributed by atoms with Crippen LogP contribution in [0, 0.1) is 0 Å². The van der Waals surface area contributed by atoms with Crippen molar-refractivity contribution in [3.05, 3.63) is 82.5 Å². The van der Waals surface area contributed by atoms with E-state index in [2.05, 4.69) is 20.4 Å². The zero-order valence-electron chi connectivity index (χ0n) is 16.6. The van der Waals surface area contributed by atoms with Crippen LogP contribution in [0.3, 0.4) is 0 Å². The first kappa shape index (κ1) is 19.4. The number of rotatable bonds is 6. The lowest BCUT2D eigenvalue weighted by molar-refractivity contribution is -0.121. The Morgan fingerprint density at radius 2 is 2.10 bits per heavy atom. The van der Waals surface area contributed by atoms with Crippen molar-refractivity contribution in [3.63, 3.8) is 0 Å². The molecule has 1 amide bonds. The molecule has 3 heterocycles. The van der Waals surface area contributed by atoms with Gasteiger partial charge < -0.3 is 10.1 Å². The van der Waals surface area contributed by atoms with Gasteiger partial charge in [-0.2, -0.15) is 0 Å². The number of amides is 1. The molecule has 3 aromatic heterocycles. The van der Waals surface area contributed by atoms with Crippen LogP contribution in [0.5, 0.6) is 5.75 Å². The lowest BCUT2D eigenvalue weighted by Crippen LogP contribution is -2.30. The van der Waals surface area contributed by atoms with Gasteiger partial charge in [-0.1, -0.05) is 12.1 Å². The van der Waals surface area contributed by atoms with Gasteiger partial charge in [-0.15, -0.1) is 0 Å². The Morgan fingerprint density at radius 1 is 1.23 bits per heavy atom. The fraction of sp³-hybridized carbons (Fsp3) is 0.182. The van der Waals surface area contributed by atoms with Crippen LogP contribution in [-0.4, -0.2) is 32.6 Å². The molecule has 4 rings (SSSR count). The molecule has 0 aliphatic rings. The minimum absolute atomic E-state index is 0.164. The minimum Gasteiger partial charge on any atom is -0.497 e. The molecule has 4 aromatic rings. The Bertz CT molecular complexity index is 1250. The van der Waals surface area contributed by atoms with E-state index >= 15 is 0 Å². The van der Waals surface area contributed by atoms with Gasteiger partial charge in [0.15, 0.2) is 5.65 Å². The first-order valence-electron chi connectivity index (χ1n) is 9.49. The summed E-state index contributed by atoms with van der Waals surface area (Å²) < 4.78 is 6.56. The number of carbonyl (C=O) groups is 1. The average molecular weight is 403 g/mol. The zero-order valence-corrected chi connectivity index (χ0v) is 16.6. The maximum absolute atomic E-state index is 12.5. The lowest BCUT2D eigenvalue weighted by atomic mass is 10.1. The summed E-state index contributed by atoms with van der Waals surface area (Å²) in [7, 11) is 1.59. The van der Waals surface area contributed by atoms with Crippen LogP contribution in [0.15, 0.2) is 65.7 Å². The molecule has 0 fully saturated rings. The second kappa shape index (κ2) is 8.20. The van der Waals surface area contributed by atoms with Crippen molar-refractivity contribution in [3.8, 4) is 17.0 Å². The Hall–Kier alpha value is -3.94. The molecule has 0 saturated carbocycles. The summed E-state index contributed by atoms with van der Waals surface area (Å²) in [6.07, 6.45) is 3.60. The largest absolute Gasteiger partial charge is 0.497 e. The summed E-state index contributed by atoms with van der Waals surface area (Å²) in [6, 6.07) is 13.9. The molecule has 0 bridgehead atoms. The first-order valence-corrected chi connectivity index (χ1v) is 9.49. The predicted octanol–water partition coefficient (Wildman–Crippen LogP) is 2.51. The third-order valence-electron chi connectivity index (χ3n) is 4.76. The van der Waals surface area contributed by atoms with Crippen molar-refractivity contribution < 1.29 is 9.53 Å². The molecule has 0 aliphatic carbocycles. The second-order valence-electron chi connectivity index (χ2n) is 6.94. The summed E-state index contributed by atoms with van der Waals surface area (Å²) in [5.74, 6) is 0.535. The molecule has 0 saturated heterocycles. The van der Waals surface area contributed by atoms with Gasteiger partial charge in [-0.05, 0) is 36.8 Å². The molecule has 0 spiro atoms. The Balaban J connectivity index is 1.53. The van der Waals surface area contributed by atoms with E-state index in [-0.39, 0.29) is 17.9 Å². The van der Waals surface area contributed by atoms with E-state index in [0.29, 0.717) is 17.1 Å². The number of aromatic amines is 1. The summed E-state index contributed by atoms with van der Waals surface area (Å²) >= 11 is 0. The highest BCUT2D eigenvalue weighted by molar-refractivity contribution is 5.79. The smallest absolute Gasteiger partial charge is 0.272 e. The van der Waals surface area contributed by atoms with Crippen LogP contribution >= 0.6 is 0 Å². The quantitative estimate of drug-likeness (QED) is 0.515. The van der Waals surface area contributed by atoms with Crippen LogP contribution < -0.4 is 15.6 Å². The number of nitrogens with one attached hydrogen (secondary N) is 2.